The Morgan fingerprint density at radius 3 is 2.82 bits per heavy atom. The Labute approximate surface area is 126 Å². The van der Waals surface area contributed by atoms with Gasteiger partial charge in [-0.05, 0) is 18.6 Å². The highest BCUT2D eigenvalue weighted by atomic mass is 16.7. The topological polar surface area (TPSA) is 90.0 Å². The molecule has 0 fully saturated rings. The number of phenols is 1. The SMILES string of the molecule is COC(=O)c1[nH]cc(C)c1-c1cc2c(c(OC)c1O)OCO2. The number of carbonyl (C=O) groups is 1. The number of benzene rings is 1. The Hall–Kier alpha value is -2.83. The van der Waals surface area contributed by atoms with Crippen molar-refractivity contribution in [2.45, 2.75) is 6.92 Å². The van der Waals surface area contributed by atoms with Gasteiger partial charge in [-0.1, -0.05) is 0 Å². The summed E-state index contributed by atoms with van der Waals surface area (Å²) in [6, 6.07) is 1.61. The van der Waals surface area contributed by atoms with Crippen LogP contribution in [0, 0.1) is 6.92 Å². The third kappa shape index (κ3) is 1.93. The second-order valence-electron chi connectivity index (χ2n) is 4.75. The largest absolute Gasteiger partial charge is 0.504 e. The second-order valence-corrected chi connectivity index (χ2v) is 4.75. The van der Waals surface area contributed by atoms with Gasteiger partial charge in [0.15, 0.2) is 11.5 Å². The summed E-state index contributed by atoms with van der Waals surface area (Å²) in [4.78, 5) is 14.8. The first kappa shape index (κ1) is 14.1. The summed E-state index contributed by atoms with van der Waals surface area (Å²) in [5, 5.41) is 10.5. The Bertz CT molecular complexity index is 749. The maximum Gasteiger partial charge on any atom is 0.355 e. The molecule has 7 heteroatoms. The first-order valence-corrected chi connectivity index (χ1v) is 6.54. The van der Waals surface area contributed by atoms with Crippen molar-refractivity contribution in [1.82, 2.24) is 4.98 Å². The highest BCUT2D eigenvalue weighted by molar-refractivity contribution is 5.98. The van der Waals surface area contributed by atoms with Crippen LogP contribution in [0.1, 0.15) is 16.1 Å². The second kappa shape index (κ2) is 5.18. The van der Waals surface area contributed by atoms with Crippen LogP contribution in [0.4, 0.5) is 0 Å². The molecule has 2 aromatic rings. The van der Waals surface area contributed by atoms with Crippen LogP contribution in [0.3, 0.4) is 0 Å². The fraction of sp³-hybridized carbons (Fsp3) is 0.267. The summed E-state index contributed by atoms with van der Waals surface area (Å²) in [6.07, 6.45) is 1.66. The van der Waals surface area contributed by atoms with Gasteiger partial charge in [-0.25, -0.2) is 4.79 Å². The molecular weight excluding hydrogens is 290 g/mol. The molecule has 0 bridgehead atoms. The number of aromatic hydroxyl groups is 1. The third-order valence-electron chi connectivity index (χ3n) is 3.53. The molecule has 0 spiro atoms. The van der Waals surface area contributed by atoms with Crippen LogP contribution in [0.5, 0.6) is 23.0 Å². The van der Waals surface area contributed by atoms with E-state index in [0.29, 0.717) is 22.6 Å². The third-order valence-corrected chi connectivity index (χ3v) is 3.53. The van der Waals surface area contributed by atoms with Crippen molar-refractivity contribution in [3.63, 3.8) is 0 Å². The zero-order chi connectivity index (χ0) is 15.9. The van der Waals surface area contributed by atoms with Crippen LogP contribution in [0.15, 0.2) is 12.3 Å². The molecule has 22 heavy (non-hydrogen) atoms. The summed E-state index contributed by atoms with van der Waals surface area (Å²) < 4.78 is 20.6. The van der Waals surface area contributed by atoms with Gasteiger partial charge in [0, 0.05) is 17.3 Å². The van der Waals surface area contributed by atoms with E-state index in [-0.39, 0.29) is 24.0 Å². The minimum Gasteiger partial charge on any atom is -0.504 e. The van der Waals surface area contributed by atoms with Gasteiger partial charge in [0.05, 0.1) is 14.2 Å². The van der Waals surface area contributed by atoms with E-state index >= 15 is 0 Å². The predicted molar refractivity (Wildman–Crippen MR) is 76.6 cm³/mol. The lowest BCUT2D eigenvalue weighted by atomic mass is 9.99. The van der Waals surface area contributed by atoms with Crippen molar-refractivity contribution >= 4 is 5.97 Å². The Morgan fingerprint density at radius 1 is 1.36 bits per heavy atom. The van der Waals surface area contributed by atoms with Crippen molar-refractivity contribution in [2.24, 2.45) is 0 Å². The fourth-order valence-electron chi connectivity index (χ4n) is 2.51. The number of aryl methyl sites for hydroxylation is 1. The fourth-order valence-corrected chi connectivity index (χ4v) is 2.51. The van der Waals surface area contributed by atoms with Crippen molar-refractivity contribution < 1.29 is 28.8 Å². The van der Waals surface area contributed by atoms with Crippen LogP contribution in [0.25, 0.3) is 11.1 Å². The van der Waals surface area contributed by atoms with E-state index in [9.17, 15) is 9.90 Å². The molecule has 2 N–H and O–H groups in total. The quantitative estimate of drug-likeness (QED) is 0.845. The number of hydrogen-bond acceptors (Lipinski definition) is 6. The maximum atomic E-state index is 11.9. The molecular formula is C15H15NO6. The monoisotopic (exact) mass is 305 g/mol. The maximum absolute atomic E-state index is 11.9. The molecule has 7 nitrogen and oxygen atoms in total. The first-order valence-electron chi connectivity index (χ1n) is 6.54. The van der Waals surface area contributed by atoms with Crippen molar-refractivity contribution in [2.75, 3.05) is 21.0 Å². The minimum absolute atomic E-state index is 0.0462. The number of carbonyl (C=O) groups excluding carboxylic acids is 1. The number of ether oxygens (including phenoxy) is 4. The molecule has 0 saturated heterocycles. The van der Waals surface area contributed by atoms with Crippen molar-refractivity contribution in [1.29, 1.82) is 0 Å². The minimum atomic E-state index is -0.529. The lowest BCUT2D eigenvalue weighted by Crippen LogP contribution is -2.03. The number of rotatable bonds is 3. The molecule has 1 aliphatic heterocycles. The summed E-state index contributed by atoms with van der Waals surface area (Å²) in [6.45, 7) is 1.86. The number of H-pyrrole nitrogens is 1. The molecule has 0 saturated carbocycles. The average Bonchev–Trinajstić information content (AvgIpc) is 3.12. The zero-order valence-electron chi connectivity index (χ0n) is 12.4. The van der Waals surface area contributed by atoms with E-state index in [2.05, 4.69) is 4.98 Å². The molecule has 0 amide bonds. The van der Waals surface area contributed by atoms with Gasteiger partial charge in [-0.15, -0.1) is 0 Å². The van der Waals surface area contributed by atoms with E-state index in [0.717, 1.165) is 5.56 Å². The Balaban J connectivity index is 2.26. The van der Waals surface area contributed by atoms with E-state index in [1.807, 2.05) is 6.92 Å². The van der Waals surface area contributed by atoms with Gasteiger partial charge >= 0.3 is 5.97 Å². The van der Waals surface area contributed by atoms with Gasteiger partial charge in [0.25, 0.3) is 0 Å². The van der Waals surface area contributed by atoms with Crippen LogP contribution in [-0.4, -0.2) is 37.1 Å². The normalized spacial score (nSPS) is 12.3. The summed E-state index contributed by atoms with van der Waals surface area (Å²) in [5.74, 6) is 0.303. The molecule has 0 aliphatic carbocycles. The van der Waals surface area contributed by atoms with Gasteiger partial charge in [-0.3, -0.25) is 0 Å². The predicted octanol–water partition coefficient (Wildman–Crippen LogP) is 2.22. The van der Waals surface area contributed by atoms with Crippen molar-refractivity contribution in [3.05, 3.63) is 23.5 Å². The molecule has 2 heterocycles. The van der Waals surface area contributed by atoms with Crippen LogP contribution in [0.2, 0.25) is 0 Å². The Morgan fingerprint density at radius 2 is 2.14 bits per heavy atom. The Kier molecular flexibility index (Phi) is 3.32. The molecule has 3 rings (SSSR count). The van der Waals surface area contributed by atoms with Gasteiger partial charge < -0.3 is 29.0 Å². The van der Waals surface area contributed by atoms with Crippen molar-refractivity contribution in [3.8, 4) is 34.1 Å². The van der Waals surface area contributed by atoms with Gasteiger partial charge in [-0.2, -0.15) is 0 Å². The molecule has 1 aromatic carbocycles. The number of hydrogen-bond donors (Lipinski definition) is 2. The zero-order valence-corrected chi connectivity index (χ0v) is 12.4. The molecule has 0 unspecified atom stereocenters. The smallest absolute Gasteiger partial charge is 0.355 e. The summed E-state index contributed by atoms with van der Waals surface area (Å²) in [7, 11) is 2.72. The van der Waals surface area contributed by atoms with Crippen LogP contribution < -0.4 is 14.2 Å². The first-order chi connectivity index (χ1) is 10.6. The van der Waals surface area contributed by atoms with Gasteiger partial charge in [0.2, 0.25) is 18.3 Å². The molecule has 1 aliphatic rings. The lowest BCUT2D eigenvalue weighted by molar-refractivity contribution is 0.0595. The molecule has 116 valence electrons. The average molecular weight is 305 g/mol. The number of fused-ring (bicyclic) bond motifs is 1. The number of aromatic amines is 1. The number of nitrogens with one attached hydrogen (secondary N) is 1. The number of methoxy groups -OCH3 is 2. The van der Waals surface area contributed by atoms with Gasteiger partial charge in [0.1, 0.15) is 5.69 Å². The van der Waals surface area contributed by atoms with E-state index in [1.165, 1.54) is 14.2 Å². The number of aromatic nitrogens is 1. The molecule has 0 radical (unpaired) electrons. The number of esters is 1. The number of phenolic OH excluding ortho intramolecular Hbond substituents is 1. The van der Waals surface area contributed by atoms with Crippen LogP contribution >= 0.6 is 0 Å². The van der Waals surface area contributed by atoms with E-state index in [4.69, 9.17) is 18.9 Å². The molecule has 1 aromatic heterocycles. The summed E-state index contributed by atoms with van der Waals surface area (Å²) in [5.41, 5.74) is 1.95. The lowest BCUT2D eigenvalue weighted by Gasteiger charge is -2.12. The standard InChI is InChI=1S/C15H15NO6/c1-7-5-16-11(15(18)20-3)10(7)8-4-9-13(22-6-21-9)14(19-2)12(8)17/h4-5,16-17H,6H2,1-3H3. The highest BCUT2D eigenvalue weighted by Gasteiger charge is 2.29. The highest BCUT2D eigenvalue weighted by Crippen LogP contribution is 2.52. The molecule has 0 atom stereocenters. The summed E-state index contributed by atoms with van der Waals surface area (Å²) >= 11 is 0. The van der Waals surface area contributed by atoms with E-state index < -0.39 is 5.97 Å². The van der Waals surface area contributed by atoms with E-state index in [1.54, 1.807) is 12.3 Å². The van der Waals surface area contributed by atoms with Crippen LogP contribution in [-0.2, 0) is 4.74 Å².